The molecule has 3 rings (SSSR count). The maximum absolute atomic E-state index is 12.4. The van der Waals surface area contributed by atoms with E-state index in [1.807, 2.05) is 0 Å². The lowest BCUT2D eigenvalue weighted by Crippen LogP contribution is -2.33. The van der Waals surface area contributed by atoms with Crippen molar-refractivity contribution in [3.8, 4) is 11.8 Å². The van der Waals surface area contributed by atoms with Crippen molar-refractivity contribution in [1.29, 1.82) is 0 Å². The van der Waals surface area contributed by atoms with E-state index in [9.17, 15) is 14.4 Å². The Hall–Kier alpha value is -3.30. The van der Waals surface area contributed by atoms with Gasteiger partial charge in [0, 0.05) is 48.9 Å². The molecule has 0 saturated carbocycles. The molecule has 1 N–H and O–H groups in total. The topological polar surface area (TPSA) is 69.7 Å². The Kier molecular flexibility index (Phi) is 6.76. The zero-order valence-corrected chi connectivity index (χ0v) is 17.6. The minimum atomic E-state index is -0.411. The molecule has 2 aromatic rings. The van der Waals surface area contributed by atoms with Crippen LogP contribution in [-0.2, 0) is 9.59 Å². The Bertz CT molecular complexity index is 1000. The fourth-order valence-corrected chi connectivity index (χ4v) is 3.26. The van der Waals surface area contributed by atoms with E-state index >= 15 is 0 Å². The smallest absolute Gasteiger partial charge is 0.253 e. The van der Waals surface area contributed by atoms with Crippen molar-refractivity contribution in [1.82, 2.24) is 10.2 Å². The summed E-state index contributed by atoms with van der Waals surface area (Å²) >= 11 is 5.89. The number of amides is 3. The number of nitrogens with one attached hydrogen (secondary N) is 1. The van der Waals surface area contributed by atoms with E-state index in [0.717, 1.165) is 11.3 Å². The fraction of sp³-hybridized carbons (Fsp3) is 0.261. The van der Waals surface area contributed by atoms with Gasteiger partial charge in [-0.15, -0.1) is 0 Å². The van der Waals surface area contributed by atoms with Crippen LogP contribution in [0.5, 0.6) is 0 Å². The third-order valence-electron chi connectivity index (χ3n) is 4.76. The highest BCUT2D eigenvalue weighted by Crippen LogP contribution is 2.26. The Morgan fingerprint density at radius 1 is 1.13 bits per heavy atom. The van der Waals surface area contributed by atoms with Gasteiger partial charge < -0.3 is 15.1 Å². The van der Waals surface area contributed by atoms with E-state index in [2.05, 4.69) is 17.2 Å². The van der Waals surface area contributed by atoms with Gasteiger partial charge in [0.1, 0.15) is 0 Å². The van der Waals surface area contributed by atoms with Crippen LogP contribution in [-0.4, -0.2) is 49.8 Å². The summed E-state index contributed by atoms with van der Waals surface area (Å²) in [6.45, 7) is 0.518. The number of anilines is 1. The summed E-state index contributed by atoms with van der Waals surface area (Å²) in [4.78, 5) is 39.7. The molecule has 1 aliphatic heterocycles. The predicted molar refractivity (Wildman–Crippen MR) is 116 cm³/mol. The third kappa shape index (κ3) is 5.19. The lowest BCUT2D eigenvalue weighted by molar-refractivity contribution is -0.126. The molecule has 1 aliphatic rings. The molecule has 1 unspecified atom stereocenters. The molecule has 7 heteroatoms. The molecule has 0 aromatic heterocycles. The van der Waals surface area contributed by atoms with Gasteiger partial charge in [-0.2, -0.15) is 0 Å². The molecule has 6 nitrogen and oxygen atoms in total. The Morgan fingerprint density at radius 3 is 2.43 bits per heavy atom. The highest BCUT2D eigenvalue weighted by Gasteiger charge is 2.34. The SMILES string of the molecule is CN(C)C(=O)c1ccc(C#CCNC(=O)C2CC(=O)N(c3ccc(Cl)cc3)C2)cc1. The summed E-state index contributed by atoms with van der Waals surface area (Å²) in [5.74, 6) is 5.09. The molecule has 2 aromatic carbocycles. The Balaban J connectivity index is 1.51. The second kappa shape index (κ2) is 9.47. The quantitative estimate of drug-likeness (QED) is 0.768. The average molecular weight is 424 g/mol. The summed E-state index contributed by atoms with van der Waals surface area (Å²) in [5.41, 5.74) is 2.08. The minimum absolute atomic E-state index is 0.0690. The molecule has 0 bridgehead atoms. The normalized spacial score (nSPS) is 15.4. The minimum Gasteiger partial charge on any atom is -0.345 e. The van der Waals surface area contributed by atoms with Crippen LogP contribution in [0.2, 0.25) is 5.02 Å². The molecule has 1 fully saturated rings. The van der Waals surface area contributed by atoms with Crippen molar-refractivity contribution < 1.29 is 14.4 Å². The van der Waals surface area contributed by atoms with Crippen LogP contribution >= 0.6 is 11.6 Å². The van der Waals surface area contributed by atoms with Gasteiger partial charge in [-0.1, -0.05) is 23.4 Å². The molecule has 1 saturated heterocycles. The van der Waals surface area contributed by atoms with E-state index in [-0.39, 0.29) is 30.7 Å². The molecule has 0 aliphatic carbocycles. The van der Waals surface area contributed by atoms with Gasteiger partial charge in [-0.3, -0.25) is 14.4 Å². The zero-order chi connectivity index (χ0) is 21.7. The van der Waals surface area contributed by atoms with Gasteiger partial charge in [-0.25, -0.2) is 0 Å². The lowest BCUT2D eigenvalue weighted by Gasteiger charge is -2.16. The summed E-state index contributed by atoms with van der Waals surface area (Å²) < 4.78 is 0. The van der Waals surface area contributed by atoms with Gasteiger partial charge in [0.05, 0.1) is 12.5 Å². The average Bonchev–Trinajstić information content (AvgIpc) is 3.13. The van der Waals surface area contributed by atoms with Crippen LogP contribution in [0.15, 0.2) is 48.5 Å². The number of halogens is 1. The molecule has 3 amide bonds. The molecule has 154 valence electrons. The van der Waals surface area contributed by atoms with Crippen molar-refractivity contribution in [2.24, 2.45) is 5.92 Å². The summed E-state index contributed by atoms with van der Waals surface area (Å²) in [5, 5.41) is 3.36. The lowest BCUT2D eigenvalue weighted by atomic mass is 10.1. The van der Waals surface area contributed by atoms with E-state index < -0.39 is 5.92 Å². The van der Waals surface area contributed by atoms with Gasteiger partial charge in [0.2, 0.25) is 11.8 Å². The van der Waals surface area contributed by atoms with E-state index in [4.69, 9.17) is 11.6 Å². The number of benzene rings is 2. The van der Waals surface area contributed by atoms with Crippen LogP contribution in [0.1, 0.15) is 22.3 Å². The second-order valence-corrected chi connectivity index (χ2v) is 7.61. The van der Waals surface area contributed by atoms with E-state index in [1.54, 1.807) is 67.5 Å². The number of hydrogen-bond donors (Lipinski definition) is 1. The molecule has 1 atom stereocenters. The van der Waals surface area contributed by atoms with Gasteiger partial charge in [0.15, 0.2) is 0 Å². The van der Waals surface area contributed by atoms with E-state index in [1.165, 1.54) is 4.90 Å². The van der Waals surface area contributed by atoms with Gasteiger partial charge in [0.25, 0.3) is 5.91 Å². The summed E-state index contributed by atoms with van der Waals surface area (Å²) in [7, 11) is 3.40. The number of carbonyl (C=O) groups is 3. The number of carbonyl (C=O) groups excluding carboxylic acids is 3. The monoisotopic (exact) mass is 423 g/mol. The van der Waals surface area contributed by atoms with Crippen molar-refractivity contribution in [2.75, 3.05) is 32.1 Å². The first kappa shape index (κ1) is 21.4. The third-order valence-corrected chi connectivity index (χ3v) is 5.01. The Labute approximate surface area is 180 Å². The van der Waals surface area contributed by atoms with Crippen molar-refractivity contribution in [3.05, 3.63) is 64.7 Å². The van der Waals surface area contributed by atoms with Gasteiger partial charge >= 0.3 is 0 Å². The zero-order valence-electron chi connectivity index (χ0n) is 16.8. The molecule has 0 spiro atoms. The van der Waals surface area contributed by atoms with E-state index in [0.29, 0.717) is 17.1 Å². The first-order valence-electron chi connectivity index (χ1n) is 9.49. The maximum atomic E-state index is 12.4. The number of hydrogen-bond acceptors (Lipinski definition) is 3. The van der Waals surface area contributed by atoms with Crippen LogP contribution in [0.25, 0.3) is 0 Å². The Morgan fingerprint density at radius 2 is 1.80 bits per heavy atom. The summed E-state index contributed by atoms with van der Waals surface area (Å²) in [6, 6.07) is 14.0. The first-order chi connectivity index (χ1) is 14.3. The molecule has 0 radical (unpaired) electrons. The molecular formula is C23H22ClN3O3. The number of nitrogens with zero attached hydrogens (tertiary/aromatic N) is 2. The highest BCUT2D eigenvalue weighted by molar-refractivity contribution is 6.30. The molecule has 30 heavy (non-hydrogen) atoms. The molecule has 1 heterocycles. The van der Waals surface area contributed by atoms with Gasteiger partial charge in [-0.05, 0) is 48.5 Å². The van der Waals surface area contributed by atoms with Crippen LogP contribution in [0.3, 0.4) is 0 Å². The van der Waals surface area contributed by atoms with Crippen molar-refractivity contribution in [3.63, 3.8) is 0 Å². The fourth-order valence-electron chi connectivity index (χ4n) is 3.13. The van der Waals surface area contributed by atoms with Crippen molar-refractivity contribution >= 4 is 35.0 Å². The molecular weight excluding hydrogens is 402 g/mol. The standard InChI is InChI=1S/C23H22ClN3O3/c1-26(2)23(30)17-7-5-16(6-8-17)4-3-13-25-22(29)18-14-21(28)27(15-18)20-11-9-19(24)10-12-20/h5-12,18H,13-15H2,1-2H3,(H,25,29). The number of rotatable bonds is 4. The maximum Gasteiger partial charge on any atom is 0.253 e. The predicted octanol–water partition coefficient (Wildman–Crippen LogP) is 2.56. The largest absolute Gasteiger partial charge is 0.345 e. The highest BCUT2D eigenvalue weighted by atomic mass is 35.5. The van der Waals surface area contributed by atoms with Crippen molar-refractivity contribution in [2.45, 2.75) is 6.42 Å². The first-order valence-corrected chi connectivity index (χ1v) is 9.87. The summed E-state index contributed by atoms with van der Waals surface area (Å²) in [6.07, 6.45) is 0.170. The van der Waals surface area contributed by atoms with Crippen LogP contribution < -0.4 is 10.2 Å². The van der Waals surface area contributed by atoms with Crippen LogP contribution in [0, 0.1) is 17.8 Å². The van der Waals surface area contributed by atoms with Crippen LogP contribution in [0.4, 0.5) is 5.69 Å². The second-order valence-electron chi connectivity index (χ2n) is 7.18.